The third-order valence-electron chi connectivity index (χ3n) is 5.00. The molecule has 4 rings (SSSR count). The average Bonchev–Trinajstić information content (AvgIpc) is 3.23. The summed E-state index contributed by atoms with van der Waals surface area (Å²) in [5.74, 6) is 0.739. The lowest BCUT2D eigenvalue weighted by Gasteiger charge is -2.15. The molecule has 3 aromatic heterocycles. The smallest absolute Gasteiger partial charge is 0.239 e. The highest BCUT2D eigenvalue weighted by Crippen LogP contribution is 2.33. The van der Waals surface area contributed by atoms with E-state index in [0.29, 0.717) is 0 Å². The molecule has 0 bridgehead atoms. The summed E-state index contributed by atoms with van der Waals surface area (Å²) in [4.78, 5) is 16.3. The van der Waals surface area contributed by atoms with Gasteiger partial charge in [-0.05, 0) is 43.2 Å². The summed E-state index contributed by atoms with van der Waals surface area (Å²) in [5, 5.41) is 12.6. The number of nitrogens with one attached hydrogen (secondary N) is 2. The zero-order valence-electron chi connectivity index (χ0n) is 15.9. The summed E-state index contributed by atoms with van der Waals surface area (Å²) in [6, 6.07) is 6.04. The van der Waals surface area contributed by atoms with E-state index in [4.69, 9.17) is 0 Å². The molecule has 7 nitrogen and oxygen atoms in total. The van der Waals surface area contributed by atoms with Crippen LogP contribution in [0.1, 0.15) is 11.1 Å². The summed E-state index contributed by atoms with van der Waals surface area (Å²) in [6.45, 7) is 4.46. The van der Waals surface area contributed by atoms with Gasteiger partial charge in [-0.2, -0.15) is 5.10 Å². The molecule has 1 aromatic carbocycles. The first-order valence-electron chi connectivity index (χ1n) is 8.83. The van der Waals surface area contributed by atoms with Crippen LogP contribution < -0.4 is 10.6 Å². The summed E-state index contributed by atoms with van der Waals surface area (Å²) in [6.07, 6.45) is 5.56. The maximum Gasteiger partial charge on any atom is 0.239 e. The third kappa shape index (κ3) is 2.81. The molecule has 0 aliphatic carbocycles. The van der Waals surface area contributed by atoms with Gasteiger partial charge >= 0.3 is 0 Å². The molecule has 0 fully saturated rings. The van der Waals surface area contributed by atoms with Crippen molar-refractivity contribution in [2.75, 3.05) is 12.4 Å². The van der Waals surface area contributed by atoms with Gasteiger partial charge in [0.1, 0.15) is 12.4 Å². The number of carbonyl (C=O) groups excluding carboxylic acids is 1. The highest BCUT2D eigenvalue weighted by molar-refractivity contribution is 5.95. The fourth-order valence-electron chi connectivity index (χ4n) is 3.64. The number of fused-ring (bicyclic) bond motifs is 2. The van der Waals surface area contributed by atoms with Crippen LogP contribution in [0.15, 0.2) is 36.8 Å². The minimum atomic E-state index is -0.0350. The predicted octanol–water partition coefficient (Wildman–Crippen LogP) is 3.03. The van der Waals surface area contributed by atoms with Gasteiger partial charge in [0.15, 0.2) is 0 Å². The number of hydrogen-bond donors (Lipinski definition) is 2. The summed E-state index contributed by atoms with van der Waals surface area (Å²) in [5.41, 5.74) is 5.37. The molecule has 0 saturated carbocycles. The van der Waals surface area contributed by atoms with Crippen molar-refractivity contribution in [1.29, 1.82) is 0 Å². The van der Waals surface area contributed by atoms with Crippen molar-refractivity contribution in [2.24, 2.45) is 7.05 Å². The highest BCUT2D eigenvalue weighted by atomic mass is 16.1. The van der Waals surface area contributed by atoms with E-state index in [2.05, 4.69) is 40.6 Å². The molecule has 0 aliphatic heterocycles. The van der Waals surface area contributed by atoms with Crippen molar-refractivity contribution in [3.63, 3.8) is 0 Å². The van der Waals surface area contributed by atoms with Crippen LogP contribution in [0, 0.1) is 13.8 Å². The second kappa shape index (κ2) is 6.42. The SMILES string of the molecule is CNC(=O)Cn1ccc2c(Nc3c(C)cc4cnn(C)c4c3C)nccc21. The number of aryl methyl sites for hydroxylation is 3. The Morgan fingerprint density at radius 1 is 1.26 bits per heavy atom. The lowest BCUT2D eigenvalue weighted by Crippen LogP contribution is -2.22. The maximum atomic E-state index is 11.7. The minimum absolute atomic E-state index is 0.0350. The Labute approximate surface area is 157 Å². The molecule has 0 unspecified atom stereocenters. The quantitative estimate of drug-likeness (QED) is 0.585. The van der Waals surface area contributed by atoms with Crippen molar-refractivity contribution in [1.82, 2.24) is 24.6 Å². The minimum Gasteiger partial charge on any atom is -0.358 e. The van der Waals surface area contributed by atoms with Gasteiger partial charge in [0.2, 0.25) is 5.91 Å². The van der Waals surface area contributed by atoms with Gasteiger partial charge in [-0.25, -0.2) is 4.98 Å². The van der Waals surface area contributed by atoms with Gasteiger partial charge in [-0.15, -0.1) is 0 Å². The summed E-state index contributed by atoms with van der Waals surface area (Å²) >= 11 is 0. The first kappa shape index (κ1) is 17.1. The van der Waals surface area contributed by atoms with Crippen molar-refractivity contribution in [2.45, 2.75) is 20.4 Å². The fourth-order valence-corrected chi connectivity index (χ4v) is 3.64. The van der Waals surface area contributed by atoms with Gasteiger partial charge in [0.25, 0.3) is 0 Å². The van der Waals surface area contributed by atoms with E-state index >= 15 is 0 Å². The molecule has 0 atom stereocenters. The van der Waals surface area contributed by atoms with Crippen LogP contribution >= 0.6 is 0 Å². The molecule has 7 heteroatoms. The maximum absolute atomic E-state index is 11.7. The number of hydrogen-bond acceptors (Lipinski definition) is 4. The Hall–Kier alpha value is -3.35. The van der Waals surface area contributed by atoms with Gasteiger partial charge in [-0.1, -0.05) is 0 Å². The van der Waals surface area contributed by atoms with Crippen LogP contribution in [0.2, 0.25) is 0 Å². The number of aromatic nitrogens is 4. The molecular weight excluding hydrogens is 340 g/mol. The van der Waals surface area contributed by atoms with E-state index in [1.165, 1.54) is 0 Å². The number of benzene rings is 1. The Bertz CT molecular complexity index is 1170. The number of pyridine rings is 1. The zero-order chi connectivity index (χ0) is 19.1. The Balaban J connectivity index is 1.79. The molecule has 1 amide bonds. The van der Waals surface area contributed by atoms with Crippen LogP contribution in [0.5, 0.6) is 0 Å². The van der Waals surface area contributed by atoms with Crippen LogP contribution in [-0.4, -0.2) is 32.3 Å². The number of likely N-dealkylation sites (N-methyl/N-ethyl adjacent to an activating group) is 1. The molecule has 27 heavy (non-hydrogen) atoms. The number of carbonyl (C=O) groups is 1. The molecule has 138 valence electrons. The third-order valence-corrected chi connectivity index (χ3v) is 5.00. The number of anilines is 2. The molecule has 0 saturated heterocycles. The van der Waals surface area contributed by atoms with Crippen molar-refractivity contribution < 1.29 is 4.79 Å². The predicted molar refractivity (Wildman–Crippen MR) is 107 cm³/mol. The van der Waals surface area contributed by atoms with Crippen LogP contribution in [-0.2, 0) is 18.4 Å². The van der Waals surface area contributed by atoms with Gasteiger partial charge in [-0.3, -0.25) is 9.48 Å². The molecule has 0 spiro atoms. The first-order chi connectivity index (χ1) is 13.0. The standard InChI is InChI=1S/C20H22N6O/c1-12-9-14-10-23-25(4)19(14)13(2)18(12)24-20-15-6-8-26(11-17(27)21-3)16(15)5-7-22-20/h5-10H,11H2,1-4H3,(H,21,27)(H,22,24). The molecule has 0 aliphatic rings. The van der Waals surface area contributed by atoms with E-state index in [9.17, 15) is 4.79 Å². The van der Waals surface area contributed by atoms with Crippen LogP contribution in [0.3, 0.4) is 0 Å². The molecule has 0 radical (unpaired) electrons. The molecular formula is C20H22N6O. The normalized spacial score (nSPS) is 11.3. The Kier molecular flexibility index (Phi) is 4.07. The van der Waals surface area contributed by atoms with E-state index in [1.807, 2.05) is 40.8 Å². The van der Waals surface area contributed by atoms with E-state index in [1.54, 1.807) is 13.2 Å². The molecule has 4 aromatic rings. The largest absolute Gasteiger partial charge is 0.358 e. The van der Waals surface area contributed by atoms with Crippen LogP contribution in [0.4, 0.5) is 11.5 Å². The Morgan fingerprint density at radius 3 is 2.85 bits per heavy atom. The average molecular weight is 362 g/mol. The van der Waals surface area contributed by atoms with E-state index < -0.39 is 0 Å². The van der Waals surface area contributed by atoms with Crippen molar-refractivity contribution in [3.8, 4) is 0 Å². The lowest BCUT2D eigenvalue weighted by molar-refractivity contribution is -0.121. The first-order valence-corrected chi connectivity index (χ1v) is 8.83. The van der Waals surface area contributed by atoms with E-state index in [0.717, 1.165) is 44.4 Å². The second-order valence-electron chi connectivity index (χ2n) is 6.73. The lowest BCUT2D eigenvalue weighted by atomic mass is 10.0. The summed E-state index contributed by atoms with van der Waals surface area (Å²) in [7, 11) is 3.59. The van der Waals surface area contributed by atoms with Gasteiger partial charge in [0.05, 0.1) is 17.2 Å². The number of rotatable bonds is 4. The van der Waals surface area contributed by atoms with E-state index in [-0.39, 0.29) is 12.5 Å². The molecule has 2 N–H and O–H groups in total. The van der Waals surface area contributed by atoms with Gasteiger partial charge < -0.3 is 15.2 Å². The highest BCUT2D eigenvalue weighted by Gasteiger charge is 2.14. The zero-order valence-corrected chi connectivity index (χ0v) is 15.9. The van der Waals surface area contributed by atoms with Gasteiger partial charge in [0, 0.05) is 42.9 Å². The van der Waals surface area contributed by atoms with Crippen molar-refractivity contribution in [3.05, 3.63) is 47.9 Å². The van der Waals surface area contributed by atoms with Crippen LogP contribution in [0.25, 0.3) is 21.8 Å². The number of amides is 1. The van der Waals surface area contributed by atoms with Crippen molar-refractivity contribution >= 4 is 39.2 Å². The second-order valence-corrected chi connectivity index (χ2v) is 6.73. The topological polar surface area (TPSA) is 76.8 Å². The molecule has 3 heterocycles. The number of nitrogens with zero attached hydrogens (tertiary/aromatic N) is 4. The Morgan fingerprint density at radius 2 is 2.07 bits per heavy atom. The monoisotopic (exact) mass is 362 g/mol. The fraction of sp³-hybridized carbons (Fsp3) is 0.250. The summed E-state index contributed by atoms with van der Waals surface area (Å²) < 4.78 is 3.81.